The third-order valence-electron chi connectivity index (χ3n) is 3.07. The van der Waals surface area contributed by atoms with Crippen molar-refractivity contribution >= 4 is 0 Å². The largest absolute Gasteiger partial charge is 0.379 e. The molecule has 0 radical (unpaired) electrons. The number of hydrogen-bond acceptors (Lipinski definition) is 2. The second kappa shape index (κ2) is 7.24. The molecule has 2 nitrogen and oxygen atoms in total. The highest BCUT2D eigenvalue weighted by Crippen LogP contribution is 2.15. The fourth-order valence-corrected chi connectivity index (χ4v) is 2.23. The number of nitrogens with zero attached hydrogens (tertiary/aromatic N) is 1. The Bertz CT molecular complexity index is 132. The Morgan fingerprint density at radius 1 is 1.07 bits per heavy atom. The SMILES string of the molecule is CCCC[C@@H](CCC)N1CCOCC1. The molecule has 1 rings (SSSR count). The van der Waals surface area contributed by atoms with E-state index in [9.17, 15) is 0 Å². The molecule has 84 valence electrons. The van der Waals surface area contributed by atoms with Gasteiger partial charge in [0.25, 0.3) is 0 Å². The van der Waals surface area contributed by atoms with Crippen LogP contribution in [0, 0.1) is 0 Å². The molecule has 14 heavy (non-hydrogen) atoms. The Labute approximate surface area is 88.6 Å². The molecule has 0 unspecified atom stereocenters. The molecule has 0 aliphatic carbocycles. The standard InChI is InChI=1S/C12H25NO/c1-3-5-7-12(6-4-2)13-8-10-14-11-9-13/h12H,3-11H2,1-2H3/t12-/m1/s1. The van der Waals surface area contributed by atoms with Crippen LogP contribution in [0.2, 0.25) is 0 Å². The van der Waals surface area contributed by atoms with Crippen LogP contribution in [0.5, 0.6) is 0 Å². The molecule has 0 aromatic heterocycles. The summed E-state index contributed by atoms with van der Waals surface area (Å²) in [7, 11) is 0. The minimum Gasteiger partial charge on any atom is -0.379 e. The van der Waals surface area contributed by atoms with Crippen LogP contribution in [0.15, 0.2) is 0 Å². The van der Waals surface area contributed by atoms with Crippen molar-refractivity contribution < 1.29 is 4.74 Å². The van der Waals surface area contributed by atoms with Crippen molar-refractivity contribution in [2.75, 3.05) is 26.3 Å². The molecule has 1 aliphatic heterocycles. The lowest BCUT2D eigenvalue weighted by Crippen LogP contribution is -2.43. The van der Waals surface area contributed by atoms with Crippen molar-refractivity contribution in [2.45, 2.75) is 52.0 Å². The molecular weight excluding hydrogens is 174 g/mol. The van der Waals surface area contributed by atoms with E-state index >= 15 is 0 Å². The van der Waals surface area contributed by atoms with Gasteiger partial charge in [-0.15, -0.1) is 0 Å². The van der Waals surface area contributed by atoms with E-state index in [1.165, 1.54) is 32.1 Å². The number of hydrogen-bond donors (Lipinski definition) is 0. The van der Waals surface area contributed by atoms with Crippen LogP contribution in [0.4, 0.5) is 0 Å². The van der Waals surface area contributed by atoms with E-state index in [-0.39, 0.29) is 0 Å². The van der Waals surface area contributed by atoms with Gasteiger partial charge in [-0.1, -0.05) is 33.1 Å². The maximum atomic E-state index is 5.39. The summed E-state index contributed by atoms with van der Waals surface area (Å²) in [6.45, 7) is 8.74. The van der Waals surface area contributed by atoms with Crippen molar-refractivity contribution in [1.82, 2.24) is 4.90 Å². The normalized spacial score (nSPS) is 21.0. The van der Waals surface area contributed by atoms with Crippen LogP contribution in [0.3, 0.4) is 0 Å². The molecule has 0 amide bonds. The van der Waals surface area contributed by atoms with Crippen LogP contribution in [0.1, 0.15) is 46.0 Å². The monoisotopic (exact) mass is 199 g/mol. The average molecular weight is 199 g/mol. The molecule has 0 bridgehead atoms. The summed E-state index contributed by atoms with van der Waals surface area (Å²) in [5.41, 5.74) is 0. The molecule has 1 saturated heterocycles. The zero-order valence-corrected chi connectivity index (χ0v) is 9.80. The van der Waals surface area contributed by atoms with E-state index in [0.717, 1.165) is 32.3 Å². The van der Waals surface area contributed by atoms with Crippen LogP contribution >= 0.6 is 0 Å². The van der Waals surface area contributed by atoms with Gasteiger partial charge in [0.15, 0.2) is 0 Å². The van der Waals surface area contributed by atoms with Crippen LogP contribution < -0.4 is 0 Å². The van der Waals surface area contributed by atoms with Gasteiger partial charge in [0.1, 0.15) is 0 Å². The van der Waals surface area contributed by atoms with Gasteiger partial charge in [-0.3, -0.25) is 4.90 Å². The third-order valence-corrected chi connectivity index (χ3v) is 3.07. The quantitative estimate of drug-likeness (QED) is 0.652. The Hall–Kier alpha value is -0.0800. The zero-order chi connectivity index (χ0) is 10.2. The highest BCUT2D eigenvalue weighted by Gasteiger charge is 2.19. The minimum atomic E-state index is 0.823. The first kappa shape index (κ1) is 12.0. The second-order valence-corrected chi connectivity index (χ2v) is 4.23. The smallest absolute Gasteiger partial charge is 0.0594 e. The van der Waals surface area contributed by atoms with Gasteiger partial charge >= 0.3 is 0 Å². The van der Waals surface area contributed by atoms with Crippen molar-refractivity contribution in [3.63, 3.8) is 0 Å². The second-order valence-electron chi connectivity index (χ2n) is 4.23. The first-order valence-electron chi connectivity index (χ1n) is 6.20. The number of unbranched alkanes of at least 4 members (excludes halogenated alkanes) is 1. The summed E-state index contributed by atoms with van der Waals surface area (Å²) in [5, 5.41) is 0. The van der Waals surface area contributed by atoms with E-state index in [0.29, 0.717) is 0 Å². The summed E-state index contributed by atoms with van der Waals surface area (Å²) < 4.78 is 5.39. The van der Waals surface area contributed by atoms with Crippen molar-refractivity contribution in [2.24, 2.45) is 0 Å². The molecule has 1 atom stereocenters. The predicted octanol–water partition coefficient (Wildman–Crippen LogP) is 2.68. The molecular formula is C12H25NO. The highest BCUT2D eigenvalue weighted by atomic mass is 16.5. The summed E-state index contributed by atoms with van der Waals surface area (Å²) in [6, 6.07) is 0.823. The lowest BCUT2D eigenvalue weighted by molar-refractivity contribution is 0.0123. The summed E-state index contributed by atoms with van der Waals surface area (Å²) in [6.07, 6.45) is 6.75. The molecule has 1 heterocycles. The Morgan fingerprint density at radius 2 is 1.79 bits per heavy atom. The summed E-state index contributed by atoms with van der Waals surface area (Å²) in [5.74, 6) is 0. The van der Waals surface area contributed by atoms with Gasteiger partial charge in [-0.05, 0) is 12.8 Å². The van der Waals surface area contributed by atoms with Crippen LogP contribution in [-0.2, 0) is 4.74 Å². The lowest BCUT2D eigenvalue weighted by atomic mass is 10.0. The van der Waals surface area contributed by atoms with E-state index in [4.69, 9.17) is 4.74 Å². The van der Waals surface area contributed by atoms with Gasteiger partial charge in [-0.2, -0.15) is 0 Å². The average Bonchev–Trinajstić information content (AvgIpc) is 2.25. The van der Waals surface area contributed by atoms with Gasteiger partial charge < -0.3 is 4.74 Å². The zero-order valence-electron chi connectivity index (χ0n) is 9.80. The Kier molecular flexibility index (Phi) is 6.20. The van der Waals surface area contributed by atoms with E-state index in [2.05, 4.69) is 18.7 Å². The first-order valence-corrected chi connectivity index (χ1v) is 6.20. The fourth-order valence-electron chi connectivity index (χ4n) is 2.23. The van der Waals surface area contributed by atoms with Crippen molar-refractivity contribution in [3.05, 3.63) is 0 Å². The van der Waals surface area contributed by atoms with Gasteiger partial charge in [0, 0.05) is 19.1 Å². The maximum absolute atomic E-state index is 5.39. The maximum Gasteiger partial charge on any atom is 0.0594 e. The molecule has 1 aliphatic rings. The highest BCUT2D eigenvalue weighted by molar-refractivity contribution is 4.73. The molecule has 0 aromatic carbocycles. The summed E-state index contributed by atoms with van der Waals surface area (Å²) >= 11 is 0. The van der Waals surface area contributed by atoms with Gasteiger partial charge in [0.05, 0.1) is 13.2 Å². The predicted molar refractivity (Wildman–Crippen MR) is 60.6 cm³/mol. The fraction of sp³-hybridized carbons (Fsp3) is 1.00. The molecule has 2 heteroatoms. The molecule has 1 fully saturated rings. The van der Waals surface area contributed by atoms with Gasteiger partial charge in [0.2, 0.25) is 0 Å². The number of rotatable bonds is 6. The lowest BCUT2D eigenvalue weighted by Gasteiger charge is -2.34. The summed E-state index contributed by atoms with van der Waals surface area (Å²) in [4.78, 5) is 2.63. The van der Waals surface area contributed by atoms with Crippen LogP contribution in [0.25, 0.3) is 0 Å². The van der Waals surface area contributed by atoms with Crippen molar-refractivity contribution in [3.8, 4) is 0 Å². The third kappa shape index (κ3) is 3.97. The van der Waals surface area contributed by atoms with E-state index in [1.807, 2.05) is 0 Å². The van der Waals surface area contributed by atoms with Gasteiger partial charge in [-0.25, -0.2) is 0 Å². The number of morpholine rings is 1. The first-order chi connectivity index (χ1) is 6.88. The Morgan fingerprint density at radius 3 is 2.36 bits per heavy atom. The molecule has 0 aromatic rings. The van der Waals surface area contributed by atoms with E-state index < -0.39 is 0 Å². The van der Waals surface area contributed by atoms with E-state index in [1.54, 1.807) is 0 Å². The van der Waals surface area contributed by atoms with Crippen molar-refractivity contribution in [1.29, 1.82) is 0 Å². The molecule has 0 saturated carbocycles. The number of ether oxygens (including phenoxy) is 1. The molecule has 0 N–H and O–H groups in total. The minimum absolute atomic E-state index is 0.823. The molecule has 0 spiro atoms. The van der Waals surface area contributed by atoms with Crippen LogP contribution in [-0.4, -0.2) is 37.2 Å². The topological polar surface area (TPSA) is 12.5 Å². The Balaban J connectivity index is 2.30.